The number of carbonyl (C=O) groups excluding carboxylic acids is 4. The maximum Gasteiger partial charge on any atom is 0.284 e. The number of fused-ring (bicyclic) bond motifs is 1. The Morgan fingerprint density at radius 1 is 1.08 bits per heavy atom. The number of pyridine rings is 1. The van der Waals surface area contributed by atoms with Gasteiger partial charge in [-0.05, 0) is 67.9 Å². The molecule has 0 radical (unpaired) electrons. The van der Waals surface area contributed by atoms with Crippen molar-refractivity contribution < 1.29 is 36.8 Å². The lowest BCUT2D eigenvalue weighted by molar-refractivity contribution is -0.136. The summed E-state index contributed by atoms with van der Waals surface area (Å²) >= 11 is 0. The van der Waals surface area contributed by atoms with E-state index in [0.717, 1.165) is 6.54 Å². The molecule has 0 bridgehead atoms. The SMILES string of the molecule is O=C1CCC(N2Cc3cc(CN4CCC(n5cc(NC(=O)c6coc(-c7ccnc(NCC8CC8)c7)n6)c(C(F)F)n5)CC4)c(F)cc3C2=O)C(=O)N1. The van der Waals surface area contributed by atoms with E-state index in [9.17, 15) is 28.0 Å². The van der Waals surface area contributed by atoms with Crippen LogP contribution < -0.4 is 16.0 Å². The number of aromatic nitrogens is 4. The summed E-state index contributed by atoms with van der Waals surface area (Å²) in [6.45, 7) is 2.26. The van der Waals surface area contributed by atoms with Crippen LogP contribution >= 0.6 is 0 Å². The van der Waals surface area contributed by atoms with E-state index in [1.54, 1.807) is 24.4 Å². The van der Waals surface area contributed by atoms with Crippen LogP contribution in [0.4, 0.5) is 24.7 Å². The molecule has 4 aromatic rings. The maximum absolute atomic E-state index is 15.3. The second-order valence-corrected chi connectivity index (χ2v) is 14.0. The van der Waals surface area contributed by atoms with Crippen molar-refractivity contribution in [2.24, 2.45) is 5.92 Å². The topological polar surface area (TPSA) is 168 Å². The highest BCUT2D eigenvalue weighted by Crippen LogP contribution is 2.34. The van der Waals surface area contributed by atoms with E-state index < -0.39 is 41.7 Å². The van der Waals surface area contributed by atoms with Crippen LogP contribution in [-0.4, -0.2) is 78.9 Å². The summed E-state index contributed by atoms with van der Waals surface area (Å²) in [5, 5.41) is 12.2. The van der Waals surface area contributed by atoms with E-state index in [0.29, 0.717) is 54.4 Å². The molecule has 276 valence electrons. The number of carbonyl (C=O) groups is 4. The van der Waals surface area contributed by atoms with Crippen LogP contribution in [0.25, 0.3) is 11.5 Å². The van der Waals surface area contributed by atoms with Crippen molar-refractivity contribution in [3.05, 3.63) is 76.8 Å². The number of hydrogen-bond donors (Lipinski definition) is 3. The number of likely N-dealkylation sites (tertiary alicyclic amines) is 1. The number of hydrogen-bond acceptors (Lipinski definition) is 10. The van der Waals surface area contributed by atoms with Crippen LogP contribution in [0.1, 0.15) is 88.7 Å². The van der Waals surface area contributed by atoms with Gasteiger partial charge in [0.15, 0.2) is 11.4 Å². The number of imide groups is 1. The van der Waals surface area contributed by atoms with Gasteiger partial charge in [0.1, 0.15) is 23.9 Å². The fourth-order valence-corrected chi connectivity index (χ4v) is 7.12. The van der Waals surface area contributed by atoms with Crippen LogP contribution in [0.15, 0.2) is 47.3 Å². The zero-order chi connectivity index (χ0) is 36.8. The standard InChI is InChI=1S/C36H36F3N9O5/c37-25-13-24-21(16-47(36(24)52)28-3-4-30(49)44-34(28)51)11-22(25)15-46-9-6-23(7-10-46)48-17-26(31(45-48)32(38)39)42-33(50)27-18-53-35(43-27)20-5-8-40-29(12-20)41-14-19-1-2-19/h5,8,11-13,17-19,23,28,32H,1-4,6-7,9-10,14-16H2,(H,40,41)(H,42,50)(H,44,49,51). The number of nitrogens with zero attached hydrogens (tertiary/aromatic N) is 6. The van der Waals surface area contributed by atoms with Crippen LogP contribution in [0.3, 0.4) is 0 Å². The number of nitrogens with one attached hydrogen (secondary N) is 3. The van der Waals surface area contributed by atoms with E-state index in [1.807, 2.05) is 4.90 Å². The number of oxazole rings is 1. The Morgan fingerprint density at radius 3 is 2.64 bits per heavy atom. The van der Waals surface area contributed by atoms with Crippen molar-refractivity contribution in [2.45, 2.75) is 70.1 Å². The van der Waals surface area contributed by atoms with Crippen molar-refractivity contribution in [1.29, 1.82) is 0 Å². The highest BCUT2D eigenvalue weighted by molar-refractivity contribution is 6.05. The molecule has 1 unspecified atom stereocenters. The van der Waals surface area contributed by atoms with E-state index >= 15 is 4.39 Å². The number of halogens is 3. The van der Waals surface area contributed by atoms with E-state index in [4.69, 9.17) is 4.42 Å². The van der Waals surface area contributed by atoms with E-state index in [-0.39, 0.29) is 60.7 Å². The van der Waals surface area contributed by atoms with Gasteiger partial charge in [-0.1, -0.05) is 0 Å². The second-order valence-electron chi connectivity index (χ2n) is 14.0. The minimum absolute atomic E-state index is 0.0857. The van der Waals surface area contributed by atoms with Gasteiger partial charge in [-0.25, -0.2) is 23.1 Å². The first-order valence-electron chi connectivity index (χ1n) is 17.6. The van der Waals surface area contributed by atoms with Gasteiger partial charge in [0, 0.05) is 68.2 Å². The van der Waals surface area contributed by atoms with Crippen molar-refractivity contribution in [1.82, 2.24) is 34.9 Å². The zero-order valence-corrected chi connectivity index (χ0v) is 28.5. The molecule has 3 fully saturated rings. The molecule has 1 saturated carbocycles. The lowest BCUT2D eigenvalue weighted by Crippen LogP contribution is -2.52. The fourth-order valence-electron chi connectivity index (χ4n) is 7.12. The van der Waals surface area contributed by atoms with Crippen LogP contribution in [0, 0.1) is 11.7 Å². The monoisotopic (exact) mass is 731 g/mol. The highest BCUT2D eigenvalue weighted by Gasteiger charge is 2.40. The Kier molecular flexibility index (Phi) is 9.18. The minimum Gasteiger partial charge on any atom is -0.444 e. The largest absolute Gasteiger partial charge is 0.444 e. The molecule has 17 heteroatoms. The number of anilines is 2. The Bertz CT molecular complexity index is 2090. The molecular weight excluding hydrogens is 695 g/mol. The van der Waals surface area contributed by atoms with Crippen molar-refractivity contribution in [3.63, 3.8) is 0 Å². The quantitative estimate of drug-likeness (QED) is 0.184. The Hall–Kier alpha value is -5.58. The molecule has 0 spiro atoms. The number of amides is 4. The van der Waals surface area contributed by atoms with Crippen molar-refractivity contribution in [2.75, 3.05) is 30.3 Å². The second kappa shape index (κ2) is 14.1. The van der Waals surface area contributed by atoms with Gasteiger partial charge in [0.2, 0.25) is 17.7 Å². The first kappa shape index (κ1) is 34.5. The third kappa shape index (κ3) is 7.25. The zero-order valence-electron chi connectivity index (χ0n) is 28.5. The molecule has 3 N–H and O–H groups in total. The molecule has 3 aromatic heterocycles. The predicted octanol–water partition coefficient (Wildman–Crippen LogP) is 4.68. The molecule has 1 aromatic carbocycles. The van der Waals surface area contributed by atoms with Gasteiger partial charge in [-0.15, -0.1) is 0 Å². The van der Waals surface area contributed by atoms with Crippen LogP contribution in [0.5, 0.6) is 0 Å². The molecule has 4 amide bonds. The molecule has 1 atom stereocenters. The van der Waals surface area contributed by atoms with Gasteiger partial charge in [0.25, 0.3) is 18.2 Å². The van der Waals surface area contributed by atoms with Crippen LogP contribution in [-0.2, 0) is 22.7 Å². The lowest BCUT2D eigenvalue weighted by atomic mass is 10.0. The molecule has 2 saturated heterocycles. The maximum atomic E-state index is 15.3. The van der Waals surface area contributed by atoms with Gasteiger partial charge in [0.05, 0.1) is 11.7 Å². The van der Waals surface area contributed by atoms with Crippen molar-refractivity contribution >= 4 is 35.1 Å². The number of benzene rings is 1. The van der Waals surface area contributed by atoms with E-state index in [1.165, 1.54) is 40.9 Å². The highest BCUT2D eigenvalue weighted by atomic mass is 19.3. The molecule has 6 heterocycles. The molecule has 14 nitrogen and oxygen atoms in total. The smallest absolute Gasteiger partial charge is 0.284 e. The summed E-state index contributed by atoms with van der Waals surface area (Å²) in [6.07, 6.45) is 5.01. The molecular formula is C36H36F3N9O5. The lowest BCUT2D eigenvalue weighted by Gasteiger charge is -2.32. The third-order valence-corrected chi connectivity index (χ3v) is 10.2. The average molecular weight is 732 g/mol. The summed E-state index contributed by atoms with van der Waals surface area (Å²) in [5.41, 5.74) is 1.04. The number of piperidine rings is 2. The summed E-state index contributed by atoms with van der Waals surface area (Å²) in [4.78, 5) is 62.1. The Morgan fingerprint density at radius 2 is 1.89 bits per heavy atom. The summed E-state index contributed by atoms with van der Waals surface area (Å²) in [6, 6.07) is 5.29. The predicted molar refractivity (Wildman–Crippen MR) is 182 cm³/mol. The first-order valence-corrected chi connectivity index (χ1v) is 17.6. The average Bonchev–Trinajstić information content (AvgIpc) is 3.51. The van der Waals surface area contributed by atoms with E-state index in [2.05, 4.69) is 31.0 Å². The number of rotatable bonds is 11. The molecule has 1 aliphatic carbocycles. The Balaban J connectivity index is 0.885. The van der Waals surface area contributed by atoms with Gasteiger partial charge < -0.3 is 20.0 Å². The van der Waals surface area contributed by atoms with Gasteiger partial charge >= 0.3 is 0 Å². The fraction of sp³-hybridized carbons (Fsp3) is 0.417. The minimum atomic E-state index is -2.95. The summed E-state index contributed by atoms with van der Waals surface area (Å²) in [5.74, 6) is -1.13. The Labute approximate surface area is 301 Å². The van der Waals surface area contributed by atoms with Gasteiger partial charge in [-0.2, -0.15) is 5.10 Å². The van der Waals surface area contributed by atoms with Gasteiger partial charge in [-0.3, -0.25) is 34.1 Å². The van der Waals surface area contributed by atoms with Crippen LogP contribution in [0.2, 0.25) is 0 Å². The summed E-state index contributed by atoms with van der Waals surface area (Å²) in [7, 11) is 0. The molecule has 3 aliphatic heterocycles. The molecule has 8 rings (SSSR count). The normalized spacial score (nSPS) is 19.5. The molecule has 53 heavy (non-hydrogen) atoms. The third-order valence-electron chi connectivity index (χ3n) is 10.2. The summed E-state index contributed by atoms with van der Waals surface area (Å²) < 4.78 is 50.4. The molecule has 4 aliphatic rings. The first-order chi connectivity index (χ1) is 25.6. The number of alkyl halides is 2. The van der Waals surface area contributed by atoms with Crippen molar-refractivity contribution in [3.8, 4) is 11.5 Å².